The van der Waals surface area contributed by atoms with Crippen LogP contribution >= 0.6 is 22.9 Å². The van der Waals surface area contributed by atoms with Gasteiger partial charge in [-0.05, 0) is 39.8 Å². The maximum absolute atomic E-state index is 5.99. The Morgan fingerprint density at radius 3 is 2.55 bits per heavy atom. The SMILES string of the molecule is CCNc1nc(C)nc(NC(C)c2ccc(Cl)s2)c1C. The molecule has 0 spiro atoms. The third-order valence-electron chi connectivity index (χ3n) is 2.98. The van der Waals surface area contributed by atoms with Crippen LogP contribution in [-0.2, 0) is 0 Å². The van der Waals surface area contributed by atoms with E-state index in [4.69, 9.17) is 11.6 Å². The van der Waals surface area contributed by atoms with Gasteiger partial charge >= 0.3 is 0 Å². The molecular formula is C14H19ClN4S. The lowest BCUT2D eigenvalue weighted by Crippen LogP contribution is -2.12. The summed E-state index contributed by atoms with van der Waals surface area (Å²) in [5.41, 5.74) is 1.03. The number of halogens is 1. The number of nitrogens with zero attached hydrogens (tertiary/aromatic N) is 2. The van der Waals surface area contributed by atoms with E-state index in [2.05, 4.69) is 34.4 Å². The van der Waals surface area contributed by atoms with Crippen molar-refractivity contribution in [1.29, 1.82) is 0 Å². The first-order valence-corrected chi connectivity index (χ1v) is 7.81. The first-order valence-electron chi connectivity index (χ1n) is 6.62. The van der Waals surface area contributed by atoms with Crippen molar-refractivity contribution < 1.29 is 0 Å². The molecule has 0 saturated heterocycles. The summed E-state index contributed by atoms with van der Waals surface area (Å²) in [6, 6.07) is 4.12. The summed E-state index contributed by atoms with van der Waals surface area (Å²) < 4.78 is 0.803. The summed E-state index contributed by atoms with van der Waals surface area (Å²) in [5, 5.41) is 6.70. The Morgan fingerprint density at radius 1 is 1.25 bits per heavy atom. The normalized spacial score (nSPS) is 12.2. The first kappa shape index (κ1) is 15.1. The van der Waals surface area contributed by atoms with Crippen molar-refractivity contribution in [2.24, 2.45) is 0 Å². The lowest BCUT2D eigenvalue weighted by Gasteiger charge is -2.17. The Bertz CT molecular complexity index is 597. The topological polar surface area (TPSA) is 49.8 Å². The fraction of sp³-hybridized carbons (Fsp3) is 0.429. The highest BCUT2D eigenvalue weighted by atomic mass is 35.5. The highest BCUT2D eigenvalue weighted by molar-refractivity contribution is 7.16. The van der Waals surface area contributed by atoms with E-state index in [-0.39, 0.29) is 6.04 Å². The Kier molecular flexibility index (Phi) is 4.83. The molecule has 4 nitrogen and oxygen atoms in total. The van der Waals surface area contributed by atoms with Crippen molar-refractivity contribution in [2.45, 2.75) is 33.7 Å². The van der Waals surface area contributed by atoms with E-state index in [9.17, 15) is 0 Å². The number of rotatable bonds is 5. The van der Waals surface area contributed by atoms with Gasteiger partial charge in [-0.3, -0.25) is 0 Å². The van der Waals surface area contributed by atoms with Gasteiger partial charge in [-0.15, -0.1) is 11.3 Å². The average molecular weight is 311 g/mol. The number of anilines is 2. The minimum atomic E-state index is 0.162. The van der Waals surface area contributed by atoms with Crippen molar-refractivity contribution in [2.75, 3.05) is 17.2 Å². The molecule has 0 bridgehead atoms. The molecule has 0 radical (unpaired) electrons. The lowest BCUT2D eigenvalue weighted by atomic mass is 10.2. The standard InChI is InChI=1S/C14H19ClN4S/c1-5-16-13-8(2)14(19-10(4)18-13)17-9(3)11-6-7-12(15)20-11/h6-7,9H,5H2,1-4H3,(H2,16,17,18,19). The van der Waals surface area contributed by atoms with Crippen LogP contribution in [0.5, 0.6) is 0 Å². The van der Waals surface area contributed by atoms with Gasteiger partial charge in [0.2, 0.25) is 0 Å². The van der Waals surface area contributed by atoms with Crippen LogP contribution in [0.2, 0.25) is 4.34 Å². The molecule has 1 atom stereocenters. The second-order valence-electron chi connectivity index (χ2n) is 4.63. The monoisotopic (exact) mass is 310 g/mol. The van der Waals surface area contributed by atoms with Crippen LogP contribution in [0.15, 0.2) is 12.1 Å². The Hall–Kier alpha value is -1.33. The number of hydrogen-bond acceptors (Lipinski definition) is 5. The average Bonchev–Trinajstić information content (AvgIpc) is 2.82. The fourth-order valence-corrected chi connectivity index (χ4v) is 3.01. The predicted molar refractivity (Wildman–Crippen MR) is 87.0 cm³/mol. The molecule has 0 amide bonds. The molecule has 2 aromatic heterocycles. The lowest BCUT2D eigenvalue weighted by molar-refractivity contribution is 0.881. The molecule has 20 heavy (non-hydrogen) atoms. The summed E-state index contributed by atoms with van der Waals surface area (Å²) in [6.07, 6.45) is 0. The van der Waals surface area contributed by atoms with Gasteiger partial charge in [0.15, 0.2) is 0 Å². The maximum Gasteiger partial charge on any atom is 0.135 e. The molecule has 0 aliphatic heterocycles. The second-order valence-corrected chi connectivity index (χ2v) is 6.38. The van der Waals surface area contributed by atoms with Crippen LogP contribution in [0.25, 0.3) is 0 Å². The first-order chi connectivity index (χ1) is 9.51. The van der Waals surface area contributed by atoms with Gasteiger partial charge in [0, 0.05) is 17.0 Å². The summed E-state index contributed by atoms with van der Waals surface area (Å²) in [7, 11) is 0. The highest BCUT2D eigenvalue weighted by Gasteiger charge is 2.13. The van der Waals surface area contributed by atoms with Crippen LogP contribution in [0.1, 0.15) is 36.2 Å². The molecular weight excluding hydrogens is 292 g/mol. The molecule has 0 saturated carbocycles. The largest absolute Gasteiger partial charge is 0.370 e. The highest BCUT2D eigenvalue weighted by Crippen LogP contribution is 2.30. The molecule has 0 fully saturated rings. The fourth-order valence-electron chi connectivity index (χ4n) is 1.95. The summed E-state index contributed by atoms with van der Waals surface area (Å²) in [6.45, 7) is 8.92. The molecule has 2 N–H and O–H groups in total. The molecule has 2 heterocycles. The minimum Gasteiger partial charge on any atom is -0.370 e. The quantitative estimate of drug-likeness (QED) is 0.858. The number of hydrogen-bond donors (Lipinski definition) is 2. The van der Waals surface area contributed by atoms with Crippen molar-refractivity contribution in [1.82, 2.24) is 9.97 Å². The van der Waals surface area contributed by atoms with Crippen LogP contribution < -0.4 is 10.6 Å². The van der Waals surface area contributed by atoms with Gasteiger partial charge in [-0.2, -0.15) is 0 Å². The van der Waals surface area contributed by atoms with Gasteiger partial charge in [0.25, 0.3) is 0 Å². The molecule has 0 aromatic carbocycles. The van der Waals surface area contributed by atoms with Gasteiger partial charge in [0.05, 0.1) is 10.4 Å². The molecule has 6 heteroatoms. The van der Waals surface area contributed by atoms with E-state index in [0.717, 1.165) is 33.9 Å². The third kappa shape index (κ3) is 3.41. The zero-order valence-electron chi connectivity index (χ0n) is 12.1. The van der Waals surface area contributed by atoms with E-state index >= 15 is 0 Å². The van der Waals surface area contributed by atoms with Gasteiger partial charge in [0.1, 0.15) is 17.5 Å². The van der Waals surface area contributed by atoms with Crippen LogP contribution in [-0.4, -0.2) is 16.5 Å². The number of aromatic nitrogens is 2. The van der Waals surface area contributed by atoms with E-state index in [1.54, 1.807) is 11.3 Å². The smallest absolute Gasteiger partial charge is 0.135 e. The van der Waals surface area contributed by atoms with E-state index in [0.29, 0.717) is 0 Å². The zero-order valence-corrected chi connectivity index (χ0v) is 13.7. The molecule has 2 rings (SSSR count). The van der Waals surface area contributed by atoms with Crippen LogP contribution in [0.3, 0.4) is 0 Å². The van der Waals surface area contributed by atoms with E-state index in [1.165, 1.54) is 4.88 Å². The predicted octanol–water partition coefficient (Wildman–Crippen LogP) is 4.41. The molecule has 0 aliphatic rings. The van der Waals surface area contributed by atoms with Crippen LogP contribution in [0, 0.1) is 13.8 Å². The second kappa shape index (κ2) is 6.41. The zero-order chi connectivity index (χ0) is 14.7. The van der Waals surface area contributed by atoms with Gasteiger partial charge in [-0.25, -0.2) is 9.97 Å². The Balaban J connectivity index is 2.24. The molecule has 0 aliphatic carbocycles. The van der Waals surface area contributed by atoms with Crippen molar-refractivity contribution in [3.8, 4) is 0 Å². The Labute approximate surface area is 128 Å². The summed E-state index contributed by atoms with van der Waals surface area (Å²) in [4.78, 5) is 10.1. The van der Waals surface area contributed by atoms with Crippen molar-refractivity contribution >= 4 is 34.6 Å². The molecule has 2 aromatic rings. The van der Waals surface area contributed by atoms with Crippen LogP contribution in [0.4, 0.5) is 11.6 Å². The van der Waals surface area contributed by atoms with Crippen molar-refractivity contribution in [3.05, 3.63) is 32.7 Å². The molecule has 108 valence electrons. The van der Waals surface area contributed by atoms with E-state index < -0.39 is 0 Å². The van der Waals surface area contributed by atoms with E-state index in [1.807, 2.05) is 26.0 Å². The third-order valence-corrected chi connectivity index (χ3v) is 4.39. The van der Waals surface area contributed by atoms with Crippen molar-refractivity contribution in [3.63, 3.8) is 0 Å². The number of aryl methyl sites for hydroxylation is 1. The number of nitrogens with one attached hydrogen (secondary N) is 2. The summed E-state index contributed by atoms with van der Waals surface area (Å²) in [5.74, 6) is 2.51. The minimum absolute atomic E-state index is 0.162. The van der Waals surface area contributed by atoms with Gasteiger partial charge in [-0.1, -0.05) is 11.6 Å². The summed E-state index contributed by atoms with van der Waals surface area (Å²) >= 11 is 7.57. The van der Waals surface area contributed by atoms with Gasteiger partial charge < -0.3 is 10.6 Å². The Morgan fingerprint density at radius 2 is 1.95 bits per heavy atom. The number of thiophene rings is 1. The molecule has 1 unspecified atom stereocenters. The maximum atomic E-state index is 5.99.